The molecule has 9 heteroatoms. The van der Waals surface area contributed by atoms with Gasteiger partial charge >= 0.3 is 5.97 Å². The van der Waals surface area contributed by atoms with E-state index in [-0.39, 0.29) is 27.7 Å². The Morgan fingerprint density at radius 1 is 0.947 bits per heavy atom. The minimum absolute atomic E-state index is 0.109. The molecule has 1 unspecified atom stereocenters. The van der Waals surface area contributed by atoms with Crippen molar-refractivity contribution in [2.24, 2.45) is 0 Å². The number of aliphatic hydroxyl groups excluding tert-OH is 1. The lowest BCUT2D eigenvalue weighted by Gasteiger charge is -2.26. The van der Waals surface area contributed by atoms with Gasteiger partial charge in [0, 0.05) is 18.7 Å². The molecule has 1 atom stereocenters. The Kier molecular flexibility index (Phi) is 7.46. The number of aryl methyl sites for hydroxylation is 2. The lowest BCUT2D eigenvalue weighted by molar-refractivity contribution is -0.132. The van der Waals surface area contributed by atoms with Gasteiger partial charge in [-0.2, -0.15) is 0 Å². The van der Waals surface area contributed by atoms with Crippen LogP contribution in [0.1, 0.15) is 35.2 Å². The third-order valence-corrected chi connectivity index (χ3v) is 6.39. The molecule has 1 N–H and O–H groups in total. The normalized spacial score (nSPS) is 16.5. The van der Waals surface area contributed by atoms with E-state index in [1.807, 2.05) is 19.9 Å². The number of carbonyl (C=O) groups excluding carboxylic acids is 3. The first-order valence-corrected chi connectivity index (χ1v) is 12.0. The number of anilines is 1. The van der Waals surface area contributed by atoms with Gasteiger partial charge in [-0.25, -0.2) is 0 Å². The molecule has 1 fully saturated rings. The molecule has 0 spiro atoms. The van der Waals surface area contributed by atoms with Crippen LogP contribution in [0.5, 0.6) is 17.2 Å². The maximum atomic E-state index is 13.5. The Morgan fingerprint density at radius 2 is 1.61 bits per heavy atom. The van der Waals surface area contributed by atoms with E-state index in [0.717, 1.165) is 11.1 Å². The zero-order valence-corrected chi connectivity index (χ0v) is 22.3. The van der Waals surface area contributed by atoms with Gasteiger partial charge in [-0.3, -0.25) is 19.3 Å². The molecule has 1 aliphatic rings. The second kappa shape index (κ2) is 10.6. The minimum Gasteiger partial charge on any atom is -0.507 e. The van der Waals surface area contributed by atoms with E-state index >= 15 is 0 Å². The highest BCUT2D eigenvalue weighted by Crippen LogP contribution is 2.45. The third-order valence-electron chi connectivity index (χ3n) is 6.09. The maximum Gasteiger partial charge on any atom is 0.308 e. The van der Waals surface area contributed by atoms with Crippen molar-refractivity contribution in [3.8, 4) is 17.2 Å². The molecule has 0 radical (unpaired) electrons. The first kappa shape index (κ1) is 26.8. The number of methoxy groups -OCH3 is 2. The van der Waals surface area contributed by atoms with Crippen molar-refractivity contribution in [2.45, 2.75) is 26.8 Å². The number of ether oxygens (including phenoxy) is 3. The number of carbonyl (C=O) groups is 3. The zero-order valence-electron chi connectivity index (χ0n) is 21.5. The fourth-order valence-electron chi connectivity index (χ4n) is 4.61. The fraction of sp³-hybridized carbons (Fsp3) is 0.207. The van der Waals surface area contributed by atoms with Gasteiger partial charge in [-0.1, -0.05) is 29.8 Å². The number of Topliss-reactive ketones (excluding diaryl/α,β-unsaturated/α-hetero) is 1. The van der Waals surface area contributed by atoms with E-state index in [1.165, 1.54) is 38.2 Å². The van der Waals surface area contributed by atoms with Crippen LogP contribution in [-0.4, -0.2) is 37.0 Å². The average Bonchev–Trinajstić information content (AvgIpc) is 3.13. The van der Waals surface area contributed by atoms with E-state index in [1.54, 1.807) is 36.4 Å². The van der Waals surface area contributed by atoms with Crippen molar-refractivity contribution >= 4 is 40.7 Å². The van der Waals surface area contributed by atoms with Crippen molar-refractivity contribution < 1.29 is 33.7 Å². The Hall–Kier alpha value is -4.30. The third kappa shape index (κ3) is 4.95. The van der Waals surface area contributed by atoms with Crippen molar-refractivity contribution in [2.75, 3.05) is 19.1 Å². The van der Waals surface area contributed by atoms with Crippen LogP contribution in [0, 0.1) is 13.8 Å². The molecule has 38 heavy (non-hydrogen) atoms. The van der Waals surface area contributed by atoms with Crippen LogP contribution in [0.2, 0.25) is 5.02 Å². The molecule has 3 aromatic rings. The summed E-state index contributed by atoms with van der Waals surface area (Å²) in [6.07, 6.45) is 0. The highest BCUT2D eigenvalue weighted by molar-refractivity contribution is 6.51. The summed E-state index contributed by atoms with van der Waals surface area (Å²) in [5.74, 6) is -1.99. The lowest BCUT2D eigenvalue weighted by Crippen LogP contribution is -2.29. The van der Waals surface area contributed by atoms with Crippen LogP contribution in [0.4, 0.5) is 5.69 Å². The number of esters is 1. The van der Waals surface area contributed by atoms with Crippen LogP contribution in [0.25, 0.3) is 5.76 Å². The Bertz CT molecular complexity index is 1470. The number of amides is 1. The van der Waals surface area contributed by atoms with Gasteiger partial charge < -0.3 is 19.3 Å². The predicted octanol–water partition coefficient (Wildman–Crippen LogP) is 5.53. The highest BCUT2D eigenvalue weighted by Gasteiger charge is 2.47. The fourth-order valence-corrected chi connectivity index (χ4v) is 4.85. The standard InChI is InChI=1S/C29H26ClNO7/c1-15-9-16(2)11-19(10-15)31-26(18-7-6-8-20(12-18)38-17(3)32)25(28(34)29(31)35)27(33)21-13-22(30)24(37-5)14-23(21)36-4/h6-14,26,33H,1-5H3/b27-25+. The largest absolute Gasteiger partial charge is 0.507 e. The van der Waals surface area contributed by atoms with Gasteiger partial charge in [0.1, 0.15) is 23.0 Å². The van der Waals surface area contributed by atoms with Crippen LogP contribution in [0.15, 0.2) is 60.2 Å². The second-order valence-electron chi connectivity index (χ2n) is 8.87. The first-order chi connectivity index (χ1) is 18.0. The number of ketones is 1. The number of hydrogen-bond acceptors (Lipinski definition) is 7. The molecule has 3 aromatic carbocycles. The summed E-state index contributed by atoms with van der Waals surface area (Å²) < 4.78 is 15.9. The van der Waals surface area contributed by atoms with Gasteiger partial charge in [-0.05, 0) is 60.9 Å². The summed E-state index contributed by atoms with van der Waals surface area (Å²) in [7, 11) is 2.83. The van der Waals surface area contributed by atoms with E-state index < -0.39 is 29.5 Å². The molecule has 0 aliphatic carbocycles. The van der Waals surface area contributed by atoms with Crippen LogP contribution in [-0.2, 0) is 14.4 Å². The smallest absolute Gasteiger partial charge is 0.308 e. The Morgan fingerprint density at radius 3 is 2.21 bits per heavy atom. The van der Waals surface area contributed by atoms with Crippen molar-refractivity contribution in [1.29, 1.82) is 0 Å². The summed E-state index contributed by atoms with van der Waals surface area (Å²) in [4.78, 5) is 40.0. The van der Waals surface area contributed by atoms with Crippen LogP contribution < -0.4 is 19.1 Å². The number of nitrogens with zero attached hydrogens (tertiary/aromatic N) is 1. The zero-order chi connectivity index (χ0) is 27.7. The topological polar surface area (TPSA) is 102 Å². The SMILES string of the molecule is COc1cc(OC)c(/C(O)=C2\C(=O)C(=O)N(c3cc(C)cc(C)c3)C2c2cccc(OC(C)=O)c2)cc1Cl. The van der Waals surface area contributed by atoms with Gasteiger partial charge in [0.15, 0.2) is 0 Å². The molecule has 1 heterocycles. The number of halogens is 1. The van der Waals surface area contributed by atoms with Gasteiger partial charge in [0.2, 0.25) is 0 Å². The molecule has 0 saturated carbocycles. The maximum absolute atomic E-state index is 13.5. The molecule has 8 nitrogen and oxygen atoms in total. The first-order valence-electron chi connectivity index (χ1n) is 11.6. The number of aliphatic hydroxyl groups is 1. The molecule has 1 saturated heterocycles. The molecule has 0 aromatic heterocycles. The average molecular weight is 536 g/mol. The van der Waals surface area contributed by atoms with E-state index in [4.69, 9.17) is 25.8 Å². The Labute approximate surface area is 225 Å². The summed E-state index contributed by atoms with van der Waals surface area (Å²) in [5, 5.41) is 11.7. The van der Waals surface area contributed by atoms with Crippen molar-refractivity contribution in [3.63, 3.8) is 0 Å². The van der Waals surface area contributed by atoms with E-state index in [0.29, 0.717) is 17.0 Å². The molecule has 4 rings (SSSR count). The van der Waals surface area contributed by atoms with Gasteiger partial charge in [0.05, 0.1) is 36.4 Å². The quantitative estimate of drug-likeness (QED) is 0.146. The van der Waals surface area contributed by atoms with Crippen LogP contribution in [0.3, 0.4) is 0 Å². The van der Waals surface area contributed by atoms with Gasteiger partial charge in [0.25, 0.3) is 11.7 Å². The predicted molar refractivity (Wildman–Crippen MR) is 143 cm³/mol. The number of rotatable bonds is 6. The molecule has 0 bridgehead atoms. The van der Waals surface area contributed by atoms with E-state index in [2.05, 4.69) is 0 Å². The summed E-state index contributed by atoms with van der Waals surface area (Å²) in [6, 6.07) is 13.8. The van der Waals surface area contributed by atoms with Gasteiger partial charge in [-0.15, -0.1) is 0 Å². The summed E-state index contributed by atoms with van der Waals surface area (Å²) >= 11 is 6.33. The number of hydrogen-bond donors (Lipinski definition) is 1. The molecular weight excluding hydrogens is 510 g/mol. The van der Waals surface area contributed by atoms with Crippen LogP contribution >= 0.6 is 11.6 Å². The summed E-state index contributed by atoms with van der Waals surface area (Å²) in [6.45, 7) is 5.04. The molecule has 1 aliphatic heterocycles. The van der Waals surface area contributed by atoms with E-state index in [9.17, 15) is 19.5 Å². The van der Waals surface area contributed by atoms with Crippen molar-refractivity contribution in [3.05, 3.63) is 87.4 Å². The van der Waals surface area contributed by atoms with Crippen molar-refractivity contribution in [1.82, 2.24) is 0 Å². The number of benzene rings is 3. The molecule has 1 amide bonds. The lowest BCUT2D eigenvalue weighted by atomic mass is 9.94. The Balaban J connectivity index is 2.01. The second-order valence-corrected chi connectivity index (χ2v) is 9.28. The minimum atomic E-state index is -1.04. The summed E-state index contributed by atoms with van der Waals surface area (Å²) in [5.41, 5.74) is 2.64. The monoisotopic (exact) mass is 535 g/mol. The molecule has 196 valence electrons. The molecular formula is C29H26ClNO7. The highest BCUT2D eigenvalue weighted by atomic mass is 35.5.